The second-order valence-corrected chi connectivity index (χ2v) is 5.14. The molecule has 3 rings (SSSR count). The van der Waals surface area contributed by atoms with Crippen molar-refractivity contribution >= 4 is 28.2 Å². The van der Waals surface area contributed by atoms with Gasteiger partial charge in [0, 0.05) is 29.2 Å². The topological polar surface area (TPSA) is 37.0 Å². The SMILES string of the molecule is Clc1cc(NCC2CCCN2)c2ncccc2c1. The predicted molar refractivity (Wildman–Crippen MR) is 76.3 cm³/mol. The summed E-state index contributed by atoms with van der Waals surface area (Å²) < 4.78 is 0. The van der Waals surface area contributed by atoms with Crippen LogP contribution < -0.4 is 10.6 Å². The van der Waals surface area contributed by atoms with Crippen LogP contribution in [-0.2, 0) is 0 Å². The van der Waals surface area contributed by atoms with E-state index in [1.807, 2.05) is 30.5 Å². The first kappa shape index (κ1) is 11.8. The lowest BCUT2D eigenvalue weighted by atomic mass is 10.1. The van der Waals surface area contributed by atoms with Crippen molar-refractivity contribution in [2.45, 2.75) is 18.9 Å². The quantitative estimate of drug-likeness (QED) is 0.892. The Bertz CT molecular complexity index is 550. The van der Waals surface area contributed by atoms with E-state index in [1.165, 1.54) is 12.8 Å². The Kier molecular flexibility index (Phi) is 3.35. The fraction of sp³-hybridized carbons (Fsp3) is 0.357. The molecular weight excluding hydrogens is 246 g/mol. The molecule has 0 spiro atoms. The highest BCUT2D eigenvalue weighted by molar-refractivity contribution is 6.31. The van der Waals surface area contributed by atoms with Gasteiger partial charge < -0.3 is 10.6 Å². The minimum Gasteiger partial charge on any atom is -0.382 e. The normalized spacial score (nSPS) is 19.3. The molecule has 2 N–H and O–H groups in total. The third-order valence-corrected chi connectivity index (χ3v) is 3.59. The highest BCUT2D eigenvalue weighted by Crippen LogP contribution is 2.26. The van der Waals surface area contributed by atoms with Gasteiger partial charge >= 0.3 is 0 Å². The zero-order valence-corrected chi connectivity index (χ0v) is 10.9. The average molecular weight is 262 g/mol. The molecule has 94 valence electrons. The first-order valence-corrected chi connectivity index (χ1v) is 6.72. The molecule has 1 fully saturated rings. The van der Waals surface area contributed by atoms with Gasteiger partial charge in [-0.15, -0.1) is 0 Å². The van der Waals surface area contributed by atoms with Gasteiger partial charge in [-0.05, 0) is 37.6 Å². The molecule has 2 aromatic rings. The number of halogens is 1. The lowest BCUT2D eigenvalue weighted by Gasteiger charge is -2.14. The number of hydrogen-bond acceptors (Lipinski definition) is 3. The summed E-state index contributed by atoms with van der Waals surface area (Å²) in [6, 6.07) is 8.42. The monoisotopic (exact) mass is 261 g/mol. The van der Waals surface area contributed by atoms with Crippen molar-refractivity contribution in [3.8, 4) is 0 Å². The number of nitrogens with zero attached hydrogens (tertiary/aromatic N) is 1. The highest BCUT2D eigenvalue weighted by atomic mass is 35.5. The van der Waals surface area contributed by atoms with Crippen LogP contribution in [0.2, 0.25) is 5.02 Å². The van der Waals surface area contributed by atoms with Crippen molar-refractivity contribution in [3.63, 3.8) is 0 Å². The van der Waals surface area contributed by atoms with Crippen molar-refractivity contribution in [3.05, 3.63) is 35.5 Å². The molecule has 3 nitrogen and oxygen atoms in total. The van der Waals surface area contributed by atoms with E-state index in [0.717, 1.165) is 34.7 Å². The number of fused-ring (bicyclic) bond motifs is 1. The van der Waals surface area contributed by atoms with E-state index < -0.39 is 0 Å². The van der Waals surface area contributed by atoms with Gasteiger partial charge in [0.25, 0.3) is 0 Å². The number of nitrogens with one attached hydrogen (secondary N) is 2. The summed E-state index contributed by atoms with van der Waals surface area (Å²) in [5.74, 6) is 0. The maximum Gasteiger partial charge on any atom is 0.0934 e. The molecule has 0 saturated carbocycles. The Hall–Kier alpha value is -1.32. The molecule has 18 heavy (non-hydrogen) atoms. The van der Waals surface area contributed by atoms with Crippen molar-refractivity contribution in [2.75, 3.05) is 18.4 Å². The number of hydrogen-bond donors (Lipinski definition) is 2. The number of benzene rings is 1. The van der Waals surface area contributed by atoms with Crippen molar-refractivity contribution in [1.82, 2.24) is 10.3 Å². The van der Waals surface area contributed by atoms with Gasteiger partial charge in [-0.2, -0.15) is 0 Å². The molecule has 4 heteroatoms. The van der Waals surface area contributed by atoms with Crippen LogP contribution in [0.4, 0.5) is 5.69 Å². The maximum atomic E-state index is 6.14. The van der Waals surface area contributed by atoms with Crippen LogP contribution in [-0.4, -0.2) is 24.1 Å². The predicted octanol–water partition coefficient (Wildman–Crippen LogP) is 3.05. The molecule has 1 unspecified atom stereocenters. The van der Waals surface area contributed by atoms with Crippen molar-refractivity contribution < 1.29 is 0 Å². The van der Waals surface area contributed by atoms with Gasteiger partial charge in [-0.25, -0.2) is 0 Å². The van der Waals surface area contributed by atoms with Crippen LogP contribution in [0.1, 0.15) is 12.8 Å². The summed E-state index contributed by atoms with van der Waals surface area (Å²) in [5.41, 5.74) is 2.01. The van der Waals surface area contributed by atoms with Crippen LogP contribution in [0.25, 0.3) is 10.9 Å². The Morgan fingerprint density at radius 1 is 1.44 bits per heavy atom. The van der Waals surface area contributed by atoms with Gasteiger partial charge in [0.1, 0.15) is 0 Å². The number of anilines is 1. The smallest absolute Gasteiger partial charge is 0.0934 e. The van der Waals surface area contributed by atoms with E-state index in [2.05, 4.69) is 15.6 Å². The zero-order valence-electron chi connectivity index (χ0n) is 10.1. The van der Waals surface area contributed by atoms with Gasteiger partial charge in [0.05, 0.1) is 11.2 Å². The highest BCUT2D eigenvalue weighted by Gasteiger charge is 2.14. The molecular formula is C14H16ClN3. The molecule has 1 aromatic carbocycles. The van der Waals surface area contributed by atoms with E-state index in [4.69, 9.17) is 11.6 Å². The van der Waals surface area contributed by atoms with Crippen molar-refractivity contribution in [2.24, 2.45) is 0 Å². The third kappa shape index (κ3) is 2.42. The Morgan fingerprint density at radius 2 is 2.39 bits per heavy atom. The summed E-state index contributed by atoms with van der Waals surface area (Å²) in [6.07, 6.45) is 4.31. The first-order chi connectivity index (χ1) is 8.83. The van der Waals surface area contributed by atoms with Gasteiger partial charge in [0.15, 0.2) is 0 Å². The second kappa shape index (κ2) is 5.12. The molecule has 0 amide bonds. The number of pyridine rings is 1. The summed E-state index contributed by atoms with van der Waals surface area (Å²) in [6.45, 7) is 2.05. The molecule has 0 aliphatic carbocycles. The summed E-state index contributed by atoms with van der Waals surface area (Å²) in [7, 11) is 0. The van der Waals surface area contributed by atoms with E-state index in [1.54, 1.807) is 0 Å². The van der Waals surface area contributed by atoms with E-state index >= 15 is 0 Å². The molecule has 1 aliphatic heterocycles. The Balaban J connectivity index is 1.85. The zero-order chi connectivity index (χ0) is 12.4. The van der Waals surface area contributed by atoms with Crippen LogP contribution >= 0.6 is 11.6 Å². The molecule has 1 saturated heterocycles. The maximum absolute atomic E-state index is 6.14. The van der Waals surface area contributed by atoms with Crippen LogP contribution in [0.3, 0.4) is 0 Å². The largest absolute Gasteiger partial charge is 0.382 e. The third-order valence-electron chi connectivity index (χ3n) is 3.37. The van der Waals surface area contributed by atoms with E-state index in [9.17, 15) is 0 Å². The molecule has 1 aromatic heterocycles. The van der Waals surface area contributed by atoms with Gasteiger partial charge in [-0.1, -0.05) is 17.7 Å². The first-order valence-electron chi connectivity index (χ1n) is 6.34. The fourth-order valence-corrected chi connectivity index (χ4v) is 2.68. The summed E-state index contributed by atoms with van der Waals surface area (Å²) in [5, 5.41) is 8.76. The molecule has 0 radical (unpaired) electrons. The summed E-state index contributed by atoms with van der Waals surface area (Å²) >= 11 is 6.14. The van der Waals surface area contributed by atoms with E-state index in [0.29, 0.717) is 6.04 Å². The standard InChI is InChI=1S/C14H16ClN3/c15-11-7-10-3-1-6-17-14(10)13(8-11)18-9-12-4-2-5-16-12/h1,3,6-8,12,16,18H,2,4-5,9H2. The van der Waals surface area contributed by atoms with Crippen molar-refractivity contribution in [1.29, 1.82) is 0 Å². The van der Waals surface area contributed by atoms with Gasteiger partial charge in [-0.3, -0.25) is 4.98 Å². The Morgan fingerprint density at radius 3 is 3.22 bits per heavy atom. The molecule has 2 heterocycles. The lowest BCUT2D eigenvalue weighted by molar-refractivity contribution is 0.634. The number of aromatic nitrogens is 1. The number of rotatable bonds is 3. The van der Waals surface area contributed by atoms with Crippen LogP contribution in [0.15, 0.2) is 30.5 Å². The minimum absolute atomic E-state index is 0.558. The molecule has 0 bridgehead atoms. The van der Waals surface area contributed by atoms with Gasteiger partial charge in [0.2, 0.25) is 0 Å². The summed E-state index contributed by atoms with van der Waals surface area (Å²) in [4.78, 5) is 4.43. The molecule has 1 aliphatic rings. The lowest BCUT2D eigenvalue weighted by Crippen LogP contribution is -2.29. The minimum atomic E-state index is 0.558. The van der Waals surface area contributed by atoms with E-state index in [-0.39, 0.29) is 0 Å². The average Bonchev–Trinajstić information content (AvgIpc) is 2.89. The Labute approximate surface area is 112 Å². The fourth-order valence-electron chi connectivity index (χ4n) is 2.45. The second-order valence-electron chi connectivity index (χ2n) is 4.70. The van der Waals surface area contributed by atoms with Crippen LogP contribution in [0, 0.1) is 0 Å². The molecule has 1 atom stereocenters. The van der Waals surface area contributed by atoms with Crippen LogP contribution in [0.5, 0.6) is 0 Å².